The van der Waals surface area contributed by atoms with E-state index in [1.165, 1.54) is 0 Å². The number of nitrogens with zero attached hydrogens (tertiary/aromatic N) is 7. The van der Waals surface area contributed by atoms with Gasteiger partial charge in [0.25, 0.3) is 0 Å². The van der Waals surface area contributed by atoms with Crippen molar-refractivity contribution in [3.8, 4) is 0 Å². The number of nitrogens with one attached hydrogen (secondary N) is 2. The van der Waals surface area contributed by atoms with Crippen molar-refractivity contribution in [1.82, 2.24) is 40.0 Å². The molecule has 1 aliphatic rings. The third-order valence-corrected chi connectivity index (χ3v) is 4.62. The quantitative estimate of drug-likeness (QED) is 0.392. The Morgan fingerprint density at radius 3 is 3.23 bits per heavy atom. The Hall–Kier alpha value is -2.97. The first-order valence-electron chi connectivity index (χ1n) is 8.96. The van der Waals surface area contributed by atoms with Crippen LogP contribution in [0, 0.1) is 0 Å². The van der Waals surface area contributed by atoms with Crippen LogP contribution in [0.5, 0.6) is 0 Å². The summed E-state index contributed by atoms with van der Waals surface area (Å²) in [7, 11) is 1.80. The molecule has 3 aromatic rings. The van der Waals surface area contributed by atoms with E-state index in [0.29, 0.717) is 6.04 Å². The van der Waals surface area contributed by atoms with E-state index in [9.17, 15) is 0 Å². The molecule has 0 bridgehead atoms. The fourth-order valence-electron chi connectivity index (χ4n) is 3.26. The minimum atomic E-state index is 0.316. The highest BCUT2D eigenvalue weighted by Gasteiger charge is 2.20. The molecule has 0 aromatic carbocycles. The Balaban J connectivity index is 1.24. The maximum Gasteiger partial charge on any atom is 0.191 e. The highest BCUT2D eigenvalue weighted by Crippen LogP contribution is 2.11. The van der Waals surface area contributed by atoms with E-state index < -0.39 is 0 Å². The number of hydrogen-bond acceptors (Lipinski definition) is 5. The molecule has 4 heterocycles. The predicted molar refractivity (Wildman–Crippen MR) is 97.9 cm³/mol. The van der Waals surface area contributed by atoms with E-state index in [4.69, 9.17) is 0 Å². The second-order valence-electron chi connectivity index (χ2n) is 6.39. The summed E-state index contributed by atoms with van der Waals surface area (Å²) in [4.78, 5) is 8.59. The van der Waals surface area contributed by atoms with Gasteiger partial charge in [0, 0.05) is 38.7 Å². The third-order valence-electron chi connectivity index (χ3n) is 4.62. The zero-order valence-corrected chi connectivity index (χ0v) is 14.8. The van der Waals surface area contributed by atoms with Crippen LogP contribution in [0.2, 0.25) is 0 Å². The summed E-state index contributed by atoms with van der Waals surface area (Å²) in [6.07, 6.45) is 7.41. The molecule has 9 nitrogen and oxygen atoms in total. The summed E-state index contributed by atoms with van der Waals surface area (Å²) >= 11 is 0. The van der Waals surface area contributed by atoms with Gasteiger partial charge in [-0.1, -0.05) is 6.07 Å². The van der Waals surface area contributed by atoms with Crippen molar-refractivity contribution in [2.45, 2.75) is 38.3 Å². The van der Waals surface area contributed by atoms with Gasteiger partial charge in [-0.15, -0.1) is 10.2 Å². The molecule has 0 aliphatic carbocycles. The molecule has 1 aliphatic heterocycles. The molecule has 0 amide bonds. The van der Waals surface area contributed by atoms with Crippen molar-refractivity contribution in [3.05, 3.63) is 42.4 Å². The number of guanidine groups is 1. The highest BCUT2D eigenvalue weighted by molar-refractivity contribution is 5.79. The fourth-order valence-corrected chi connectivity index (χ4v) is 3.26. The van der Waals surface area contributed by atoms with Crippen LogP contribution < -0.4 is 10.6 Å². The lowest BCUT2D eigenvalue weighted by atomic mass is 10.1. The Morgan fingerprint density at radius 1 is 1.35 bits per heavy atom. The molecule has 1 atom stereocenters. The molecule has 0 saturated carbocycles. The molecule has 9 heteroatoms. The minimum absolute atomic E-state index is 0.316. The molecule has 136 valence electrons. The zero-order valence-electron chi connectivity index (χ0n) is 14.8. The largest absolute Gasteiger partial charge is 0.356 e. The van der Waals surface area contributed by atoms with Gasteiger partial charge in [-0.05, 0) is 25.0 Å². The van der Waals surface area contributed by atoms with Gasteiger partial charge in [0.15, 0.2) is 11.6 Å². The lowest BCUT2D eigenvalue weighted by Gasteiger charge is -2.25. The third kappa shape index (κ3) is 3.51. The Kier molecular flexibility index (Phi) is 4.76. The topological polar surface area (TPSA) is 97.3 Å². The maximum absolute atomic E-state index is 4.33. The van der Waals surface area contributed by atoms with Crippen LogP contribution in [-0.4, -0.2) is 55.0 Å². The van der Waals surface area contributed by atoms with E-state index in [2.05, 4.69) is 35.9 Å². The Bertz CT molecular complexity index is 894. The SMILES string of the molecule is CN=C(NCCCc1nnc2ccccn12)NC1CCc2ncnn2C1. The number of aliphatic imine (C=N–C) groups is 1. The zero-order chi connectivity index (χ0) is 17.8. The van der Waals surface area contributed by atoms with Crippen LogP contribution in [0.3, 0.4) is 0 Å². The summed E-state index contributed by atoms with van der Waals surface area (Å²) in [5.41, 5.74) is 0.887. The van der Waals surface area contributed by atoms with Crippen LogP contribution in [0.4, 0.5) is 0 Å². The van der Waals surface area contributed by atoms with E-state index in [1.54, 1.807) is 13.4 Å². The summed E-state index contributed by atoms with van der Waals surface area (Å²) in [5, 5.41) is 19.6. The van der Waals surface area contributed by atoms with Crippen molar-refractivity contribution in [2.24, 2.45) is 4.99 Å². The van der Waals surface area contributed by atoms with Crippen LogP contribution >= 0.6 is 0 Å². The van der Waals surface area contributed by atoms with Crippen LogP contribution in [-0.2, 0) is 19.4 Å². The summed E-state index contributed by atoms with van der Waals surface area (Å²) in [6.45, 7) is 1.64. The van der Waals surface area contributed by atoms with Crippen LogP contribution in [0.25, 0.3) is 5.65 Å². The normalized spacial score (nSPS) is 17.3. The molecule has 2 N–H and O–H groups in total. The predicted octanol–water partition coefficient (Wildman–Crippen LogP) is 0.433. The second kappa shape index (κ2) is 7.51. The van der Waals surface area contributed by atoms with Crippen molar-refractivity contribution >= 4 is 11.6 Å². The average Bonchev–Trinajstić information content (AvgIpc) is 3.30. The van der Waals surface area contributed by atoms with E-state index in [1.807, 2.05) is 33.5 Å². The van der Waals surface area contributed by atoms with Crippen LogP contribution in [0.1, 0.15) is 24.5 Å². The number of aryl methyl sites for hydroxylation is 2. The van der Waals surface area contributed by atoms with Crippen LogP contribution in [0.15, 0.2) is 35.7 Å². The average molecular weight is 353 g/mol. The summed E-state index contributed by atoms with van der Waals surface area (Å²) in [6, 6.07) is 6.24. The van der Waals surface area contributed by atoms with Crippen molar-refractivity contribution in [1.29, 1.82) is 0 Å². The van der Waals surface area contributed by atoms with Gasteiger partial charge >= 0.3 is 0 Å². The van der Waals surface area contributed by atoms with E-state index in [-0.39, 0.29) is 0 Å². The number of hydrogen-bond donors (Lipinski definition) is 2. The Labute approximate surface area is 151 Å². The standard InChI is InChI=1S/C17H23N9/c1-18-17(22-13-7-8-14-20-12-21-26(14)11-13)19-9-4-6-16-24-23-15-5-2-3-10-25(15)16/h2-3,5,10,12-13H,4,6-9,11H2,1H3,(H2,18,19,22). The summed E-state index contributed by atoms with van der Waals surface area (Å²) in [5.74, 6) is 2.87. The number of aromatic nitrogens is 6. The minimum Gasteiger partial charge on any atom is -0.356 e. The molecule has 3 aromatic heterocycles. The maximum atomic E-state index is 4.33. The van der Waals surface area contributed by atoms with Gasteiger partial charge in [-0.2, -0.15) is 5.10 Å². The molecule has 0 saturated heterocycles. The fraction of sp³-hybridized carbons (Fsp3) is 0.471. The molecule has 4 rings (SSSR count). The molecule has 1 unspecified atom stereocenters. The molecular weight excluding hydrogens is 330 g/mol. The Morgan fingerprint density at radius 2 is 2.31 bits per heavy atom. The van der Waals surface area contributed by atoms with E-state index in [0.717, 1.165) is 62.0 Å². The van der Waals surface area contributed by atoms with Crippen molar-refractivity contribution in [2.75, 3.05) is 13.6 Å². The van der Waals surface area contributed by atoms with Gasteiger partial charge in [-0.3, -0.25) is 9.39 Å². The number of pyridine rings is 1. The highest BCUT2D eigenvalue weighted by atomic mass is 15.4. The molecule has 0 spiro atoms. The second-order valence-corrected chi connectivity index (χ2v) is 6.39. The molecule has 0 radical (unpaired) electrons. The van der Waals surface area contributed by atoms with Gasteiger partial charge in [0.05, 0.1) is 6.54 Å². The van der Waals surface area contributed by atoms with Gasteiger partial charge in [0.2, 0.25) is 0 Å². The molecular formula is C17H23N9. The first-order valence-corrected chi connectivity index (χ1v) is 8.96. The first kappa shape index (κ1) is 16.5. The molecule has 26 heavy (non-hydrogen) atoms. The van der Waals surface area contributed by atoms with E-state index >= 15 is 0 Å². The first-order chi connectivity index (χ1) is 12.8. The number of fused-ring (bicyclic) bond motifs is 2. The lowest BCUT2D eigenvalue weighted by Crippen LogP contribution is -2.47. The molecule has 0 fully saturated rings. The monoisotopic (exact) mass is 353 g/mol. The van der Waals surface area contributed by atoms with Gasteiger partial charge in [-0.25, -0.2) is 9.67 Å². The smallest absolute Gasteiger partial charge is 0.191 e. The van der Waals surface area contributed by atoms with Gasteiger partial charge in [0.1, 0.15) is 18.0 Å². The van der Waals surface area contributed by atoms with Crippen molar-refractivity contribution in [3.63, 3.8) is 0 Å². The van der Waals surface area contributed by atoms with Gasteiger partial charge < -0.3 is 10.6 Å². The number of rotatable bonds is 5. The van der Waals surface area contributed by atoms with Crippen molar-refractivity contribution < 1.29 is 0 Å². The lowest BCUT2D eigenvalue weighted by molar-refractivity contribution is 0.392. The summed E-state index contributed by atoms with van der Waals surface area (Å²) < 4.78 is 4.00.